The molecular weight excluding hydrogens is 220 g/mol. The van der Waals surface area contributed by atoms with Gasteiger partial charge in [0.25, 0.3) is 5.56 Å². The second-order valence-corrected chi connectivity index (χ2v) is 4.46. The summed E-state index contributed by atoms with van der Waals surface area (Å²) < 4.78 is 5.13. The molecule has 2 N–H and O–H groups in total. The molecule has 6 heteroatoms. The number of hydrogen-bond donors (Lipinski definition) is 2. The van der Waals surface area contributed by atoms with E-state index in [9.17, 15) is 4.79 Å². The van der Waals surface area contributed by atoms with E-state index in [1.54, 1.807) is 0 Å². The smallest absolute Gasteiger partial charge is 0.295 e. The number of anilines is 1. The Labute approximate surface area is 100 Å². The third-order valence-corrected chi connectivity index (χ3v) is 2.85. The van der Waals surface area contributed by atoms with Crippen molar-refractivity contribution in [3.8, 4) is 5.75 Å². The number of rotatable bonds is 2. The van der Waals surface area contributed by atoms with Crippen LogP contribution in [0.1, 0.15) is 13.8 Å². The summed E-state index contributed by atoms with van der Waals surface area (Å²) in [4.78, 5) is 20.4. The summed E-state index contributed by atoms with van der Waals surface area (Å²) in [5, 5.41) is 3.43. The number of hydrogen-bond acceptors (Lipinski definition) is 5. The van der Waals surface area contributed by atoms with Crippen LogP contribution in [-0.4, -0.2) is 42.3 Å². The zero-order chi connectivity index (χ0) is 12.4. The maximum absolute atomic E-state index is 11.6. The lowest BCUT2D eigenvalue weighted by molar-refractivity contribution is 0.384. The van der Waals surface area contributed by atoms with E-state index < -0.39 is 0 Å². The summed E-state index contributed by atoms with van der Waals surface area (Å²) in [6, 6.07) is 0.731. The number of H-pyrrole nitrogens is 1. The Morgan fingerprint density at radius 2 is 2.06 bits per heavy atom. The summed E-state index contributed by atoms with van der Waals surface area (Å²) >= 11 is 0. The Balaban J connectivity index is 2.33. The van der Waals surface area contributed by atoms with Crippen molar-refractivity contribution in [2.45, 2.75) is 25.9 Å². The molecule has 0 radical (unpaired) electrons. The molecule has 0 bridgehead atoms. The molecule has 1 aliphatic rings. The SMILES string of the molecule is COc1c(N2CC(C)NC(C)C2)nc[nH]c1=O. The third-order valence-electron chi connectivity index (χ3n) is 2.85. The molecule has 1 aliphatic heterocycles. The molecule has 1 aromatic heterocycles. The number of ether oxygens (including phenoxy) is 1. The third kappa shape index (κ3) is 2.41. The number of methoxy groups -OCH3 is 1. The zero-order valence-electron chi connectivity index (χ0n) is 10.4. The van der Waals surface area contributed by atoms with Crippen LogP contribution in [0.15, 0.2) is 11.1 Å². The largest absolute Gasteiger partial charge is 0.489 e. The second kappa shape index (κ2) is 4.75. The average molecular weight is 238 g/mol. The molecule has 0 aromatic carbocycles. The fraction of sp³-hybridized carbons (Fsp3) is 0.636. The lowest BCUT2D eigenvalue weighted by atomic mass is 10.1. The van der Waals surface area contributed by atoms with Crippen LogP contribution in [0.5, 0.6) is 5.75 Å². The molecule has 0 spiro atoms. The summed E-state index contributed by atoms with van der Waals surface area (Å²) in [5.41, 5.74) is -0.240. The minimum Gasteiger partial charge on any atom is -0.489 e. The molecule has 2 heterocycles. The van der Waals surface area contributed by atoms with Crippen LogP contribution in [0.2, 0.25) is 0 Å². The summed E-state index contributed by atoms with van der Waals surface area (Å²) in [5.74, 6) is 0.908. The van der Waals surface area contributed by atoms with Gasteiger partial charge in [-0.1, -0.05) is 0 Å². The number of piperazine rings is 1. The first kappa shape index (κ1) is 11.9. The Bertz CT molecular complexity index is 435. The highest BCUT2D eigenvalue weighted by atomic mass is 16.5. The van der Waals surface area contributed by atoms with E-state index in [1.165, 1.54) is 13.4 Å². The molecule has 1 saturated heterocycles. The molecule has 0 saturated carbocycles. The van der Waals surface area contributed by atoms with Gasteiger partial charge >= 0.3 is 0 Å². The maximum atomic E-state index is 11.6. The van der Waals surface area contributed by atoms with Crippen molar-refractivity contribution in [2.24, 2.45) is 0 Å². The Morgan fingerprint density at radius 1 is 1.41 bits per heavy atom. The Kier molecular flexibility index (Phi) is 3.33. The quantitative estimate of drug-likeness (QED) is 0.757. The topological polar surface area (TPSA) is 70.2 Å². The second-order valence-electron chi connectivity index (χ2n) is 4.46. The molecule has 2 rings (SSSR count). The average Bonchev–Trinajstić information content (AvgIpc) is 2.27. The van der Waals surface area contributed by atoms with Gasteiger partial charge in [-0.2, -0.15) is 0 Å². The first-order chi connectivity index (χ1) is 8.11. The molecule has 0 aliphatic carbocycles. The molecule has 17 heavy (non-hydrogen) atoms. The van der Waals surface area contributed by atoms with Crippen molar-refractivity contribution in [2.75, 3.05) is 25.1 Å². The highest BCUT2D eigenvalue weighted by Crippen LogP contribution is 2.22. The standard InChI is InChI=1S/C11H18N4O2/c1-7-4-15(5-8(2)14-7)10-9(17-3)11(16)13-6-12-10/h6-8,14H,4-5H2,1-3H3,(H,12,13,16). The number of nitrogens with zero attached hydrogens (tertiary/aromatic N) is 2. The molecule has 1 aromatic rings. The van der Waals surface area contributed by atoms with E-state index in [0.29, 0.717) is 17.9 Å². The zero-order valence-corrected chi connectivity index (χ0v) is 10.4. The normalized spacial score (nSPS) is 24.8. The molecule has 2 unspecified atom stereocenters. The molecule has 2 atom stereocenters. The monoisotopic (exact) mass is 238 g/mol. The molecular formula is C11H18N4O2. The van der Waals surface area contributed by atoms with Crippen molar-refractivity contribution >= 4 is 5.82 Å². The lowest BCUT2D eigenvalue weighted by Gasteiger charge is -2.37. The summed E-state index contributed by atoms with van der Waals surface area (Å²) in [7, 11) is 1.49. The van der Waals surface area contributed by atoms with Gasteiger partial charge in [0.05, 0.1) is 13.4 Å². The predicted octanol–water partition coefficient (Wildman–Crippen LogP) is -0.0349. The van der Waals surface area contributed by atoms with Gasteiger partial charge in [-0.15, -0.1) is 0 Å². The predicted molar refractivity (Wildman–Crippen MR) is 65.7 cm³/mol. The van der Waals surface area contributed by atoms with Gasteiger partial charge < -0.3 is 19.9 Å². The van der Waals surface area contributed by atoms with E-state index in [0.717, 1.165) is 13.1 Å². The van der Waals surface area contributed by atoms with Gasteiger partial charge in [0.2, 0.25) is 5.75 Å². The van der Waals surface area contributed by atoms with Crippen LogP contribution < -0.4 is 20.5 Å². The van der Waals surface area contributed by atoms with Crippen molar-refractivity contribution in [1.82, 2.24) is 15.3 Å². The first-order valence-electron chi connectivity index (χ1n) is 5.74. The Morgan fingerprint density at radius 3 is 2.65 bits per heavy atom. The summed E-state index contributed by atoms with van der Waals surface area (Å²) in [6.07, 6.45) is 1.41. The van der Waals surface area contributed by atoms with E-state index in [-0.39, 0.29) is 11.3 Å². The van der Waals surface area contributed by atoms with E-state index >= 15 is 0 Å². The number of aromatic nitrogens is 2. The Hall–Kier alpha value is -1.56. The van der Waals surface area contributed by atoms with Crippen LogP contribution >= 0.6 is 0 Å². The minimum absolute atomic E-state index is 0.240. The molecule has 0 amide bonds. The van der Waals surface area contributed by atoms with Crippen LogP contribution in [0.25, 0.3) is 0 Å². The fourth-order valence-electron chi connectivity index (χ4n) is 2.29. The number of aromatic amines is 1. The summed E-state index contributed by atoms with van der Waals surface area (Å²) in [6.45, 7) is 5.86. The van der Waals surface area contributed by atoms with Crippen LogP contribution in [0.4, 0.5) is 5.82 Å². The van der Waals surface area contributed by atoms with Crippen LogP contribution in [0.3, 0.4) is 0 Å². The van der Waals surface area contributed by atoms with Gasteiger partial charge in [-0.3, -0.25) is 4.79 Å². The highest BCUT2D eigenvalue weighted by molar-refractivity contribution is 5.51. The van der Waals surface area contributed by atoms with Crippen molar-refractivity contribution in [1.29, 1.82) is 0 Å². The molecule has 1 fully saturated rings. The van der Waals surface area contributed by atoms with Gasteiger partial charge in [0.15, 0.2) is 5.82 Å². The van der Waals surface area contributed by atoms with Gasteiger partial charge in [0, 0.05) is 25.2 Å². The fourth-order valence-corrected chi connectivity index (χ4v) is 2.29. The highest BCUT2D eigenvalue weighted by Gasteiger charge is 2.25. The van der Waals surface area contributed by atoms with Gasteiger partial charge in [0.1, 0.15) is 0 Å². The van der Waals surface area contributed by atoms with Crippen molar-refractivity contribution in [3.05, 3.63) is 16.7 Å². The van der Waals surface area contributed by atoms with Crippen molar-refractivity contribution in [3.63, 3.8) is 0 Å². The number of nitrogens with one attached hydrogen (secondary N) is 2. The van der Waals surface area contributed by atoms with E-state index in [2.05, 4.69) is 34.0 Å². The van der Waals surface area contributed by atoms with Crippen molar-refractivity contribution < 1.29 is 4.74 Å². The van der Waals surface area contributed by atoms with Gasteiger partial charge in [-0.25, -0.2) is 4.98 Å². The van der Waals surface area contributed by atoms with E-state index in [4.69, 9.17) is 4.74 Å². The lowest BCUT2D eigenvalue weighted by Crippen LogP contribution is -2.54. The van der Waals surface area contributed by atoms with Gasteiger partial charge in [-0.05, 0) is 13.8 Å². The molecule has 6 nitrogen and oxygen atoms in total. The maximum Gasteiger partial charge on any atom is 0.295 e. The van der Waals surface area contributed by atoms with E-state index in [1.807, 2.05) is 0 Å². The first-order valence-corrected chi connectivity index (χ1v) is 5.74. The van der Waals surface area contributed by atoms with Crippen LogP contribution in [0, 0.1) is 0 Å². The molecule has 94 valence electrons. The van der Waals surface area contributed by atoms with Crippen LogP contribution in [-0.2, 0) is 0 Å². The minimum atomic E-state index is -0.240.